The van der Waals surface area contributed by atoms with Gasteiger partial charge in [0.15, 0.2) is 5.41 Å². The number of aryl methyl sites for hydroxylation is 1. The number of anilines is 1. The van der Waals surface area contributed by atoms with E-state index in [1.165, 1.54) is 25.8 Å². The van der Waals surface area contributed by atoms with Crippen LogP contribution in [0.1, 0.15) is 18.4 Å². The molecule has 9 heteroatoms. The lowest BCUT2D eigenvalue weighted by molar-refractivity contribution is -0.159. The first-order valence-corrected chi connectivity index (χ1v) is 8.23. The number of imide groups is 2. The second-order valence-electron chi connectivity index (χ2n) is 6.95. The lowest BCUT2D eigenvalue weighted by Gasteiger charge is -2.50. The topological polar surface area (TPSA) is 95.8 Å². The number of fused-ring (bicyclic) bond motifs is 4. The molecule has 0 N–H and O–H groups in total. The highest BCUT2D eigenvalue weighted by Gasteiger charge is 2.64. The maximum absolute atomic E-state index is 13.1. The highest BCUT2D eigenvalue weighted by atomic mass is 16.2. The minimum atomic E-state index is -1.44. The minimum Gasteiger partial charge on any atom is -0.365 e. The normalized spacial score (nSPS) is 24.8. The molecule has 4 rings (SSSR count). The molecule has 4 amide bonds. The van der Waals surface area contributed by atoms with Gasteiger partial charge in [0.2, 0.25) is 11.8 Å². The Bertz CT molecular complexity index is 852. The van der Waals surface area contributed by atoms with E-state index in [4.69, 9.17) is 0 Å². The molecular formula is C16H19N5O4. The fourth-order valence-electron chi connectivity index (χ4n) is 4.48. The number of hydrogen-bond donors (Lipinski definition) is 0. The highest BCUT2D eigenvalue weighted by Crippen LogP contribution is 2.48. The van der Waals surface area contributed by atoms with Gasteiger partial charge in [0.05, 0.1) is 17.9 Å². The Kier molecular flexibility index (Phi) is 3.10. The number of amides is 4. The lowest BCUT2D eigenvalue weighted by Crippen LogP contribution is -2.71. The molecule has 0 radical (unpaired) electrons. The average molecular weight is 345 g/mol. The van der Waals surface area contributed by atoms with E-state index in [0.717, 1.165) is 16.2 Å². The van der Waals surface area contributed by atoms with Crippen LogP contribution in [0.5, 0.6) is 0 Å². The number of carbonyl (C=O) groups excluding carboxylic acids is 3. The fraction of sp³-hybridized carbons (Fsp3) is 0.562. The van der Waals surface area contributed by atoms with Gasteiger partial charge in [-0.25, -0.2) is 9.48 Å². The monoisotopic (exact) mass is 345 g/mol. The summed E-state index contributed by atoms with van der Waals surface area (Å²) in [7, 11) is 4.31. The van der Waals surface area contributed by atoms with Gasteiger partial charge in [-0.3, -0.25) is 24.2 Å². The molecule has 0 saturated carbocycles. The van der Waals surface area contributed by atoms with Gasteiger partial charge < -0.3 is 4.90 Å². The van der Waals surface area contributed by atoms with Gasteiger partial charge in [-0.1, -0.05) is 0 Å². The van der Waals surface area contributed by atoms with Gasteiger partial charge >= 0.3 is 6.03 Å². The molecule has 1 spiro atoms. The first-order valence-electron chi connectivity index (χ1n) is 8.23. The van der Waals surface area contributed by atoms with Crippen LogP contribution >= 0.6 is 0 Å². The largest absolute Gasteiger partial charge is 0.365 e. The quantitative estimate of drug-likeness (QED) is 0.580. The molecule has 2 saturated heterocycles. The van der Waals surface area contributed by atoms with Crippen LogP contribution in [-0.2, 0) is 23.1 Å². The Hall–Kier alpha value is -2.71. The first-order chi connectivity index (χ1) is 11.8. The van der Waals surface area contributed by atoms with E-state index < -0.39 is 23.3 Å². The summed E-state index contributed by atoms with van der Waals surface area (Å²) in [6, 6.07) is -1.01. The van der Waals surface area contributed by atoms with Crippen LogP contribution in [0.4, 0.5) is 10.5 Å². The van der Waals surface area contributed by atoms with Crippen molar-refractivity contribution in [2.75, 3.05) is 25.5 Å². The summed E-state index contributed by atoms with van der Waals surface area (Å²) in [4.78, 5) is 55.0. The molecule has 132 valence electrons. The molecule has 2 fully saturated rings. The van der Waals surface area contributed by atoms with E-state index in [0.29, 0.717) is 24.2 Å². The summed E-state index contributed by atoms with van der Waals surface area (Å²) in [5, 5.41) is 4.08. The van der Waals surface area contributed by atoms with Crippen molar-refractivity contribution in [2.45, 2.75) is 25.3 Å². The van der Waals surface area contributed by atoms with Crippen molar-refractivity contribution in [3.63, 3.8) is 0 Å². The molecule has 1 atom stereocenters. The van der Waals surface area contributed by atoms with Crippen LogP contribution in [0.3, 0.4) is 0 Å². The van der Waals surface area contributed by atoms with Gasteiger partial charge in [-0.2, -0.15) is 5.10 Å². The molecule has 1 aromatic rings. The number of carbonyl (C=O) groups is 3. The molecule has 0 aliphatic carbocycles. The summed E-state index contributed by atoms with van der Waals surface area (Å²) in [6.07, 6.45) is 3.08. The third-order valence-corrected chi connectivity index (χ3v) is 5.75. The molecular weight excluding hydrogens is 326 g/mol. The SMILES string of the molecule is CN1C(=O)N(C)C(=O)C2(Cc3c(cnn(C)c3=O)N3CCCC32)C1=O. The van der Waals surface area contributed by atoms with Crippen molar-refractivity contribution < 1.29 is 14.4 Å². The number of rotatable bonds is 0. The second-order valence-corrected chi connectivity index (χ2v) is 6.95. The maximum Gasteiger partial charge on any atom is 0.332 e. The molecule has 0 aromatic carbocycles. The highest BCUT2D eigenvalue weighted by molar-refractivity contribution is 6.20. The van der Waals surface area contributed by atoms with Crippen LogP contribution in [0, 0.1) is 5.41 Å². The van der Waals surface area contributed by atoms with E-state index in [9.17, 15) is 19.2 Å². The van der Waals surface area contributed by atoms with E-state index in [-0.39, 0.29) is 18.0 Å². The van der Waals surface area contributed by atoms with Crippen LogP contribution in [0.25, 0.3) is 0 Å². The minimum absolute atomic E-state index is 0.00167. The number of barbiturate groups is 1. The van der Waals surface area contributed by atoms with Crippen molar-refractivity contribution >= 4 is 23.5 Å². The van der Waals surface area contributed by atoms with Gasteiger partial charge in [-0.15, -0.1) is 0 Å². The Morgan fingerprint density at radius 3 is 2.36 bits per heavy atom. The molecule has 1 unspecified atom stereocenters. The van der Waals surface area contributed by atoms with Crippen LogP contribution in [0.15, 0.2) is 11.0 Å². The zero-order chi connectivity index (χ0) is 18.1. The summed E-state index contributed by atoms with van der Waals surface area (Å²) in [5.74, 6) is -1.05. The molecule has 9 nitrogen and oxygen atoms in total. The summed E-state index contributed by atoms with van der Waals surface area (Å²) in [5.41, 5.74) is -0.647. The predicted octanol–water partition coefficient (Wildman–Crippen LogP) is -0.658. The maximum atomic E-state index is 13.1. The predicted molar refractivity (Wildman–Crippen MR) is 86.9 cm³/mol. The zero-order valence-corrected chi connectivity index (χ0v) is 14.4. The third-order valence-electron chi connectivity index (χ3n) is 5.75. The standard InChI is InChI=1S/C16H19N5O4/c1-18-13(23)16(14(24)19(2)15(18)25)7-9-10(8-17-20(3)12(9)22)21-6-4-5-11(16)21/h8,11H,4-7H2,1-3H3. The number of hydrogen-bond acceptors (Lipinski definition) is 6. The number of nitrogens with zero attached hydrogens (tertiary/aromatic N) is 5. The Morgan fingerprint density at radius 2 is 1.72 bits per heavy atom. The van der Waals surface area contributed by atoms with Gasteiger partial charge in [0, 0.05) is 39.7 Å². The summed E-state index contributed by atoms with van der Waals surface area (Å²) >= 11 is 0. The Morgan fingerprint density at radius 1 is 1.08 bits per heavy atom. The molecule has 3 aliphatic rings. The smallest absolute Gasteiger partial charge is 0.332 e. The molecule has 25 heavy (non-hydrogen) atoms. The summed E-state index contributed by atoms with van der Waals surface area (Å²) in [6.45, 7) is 0.649. The van der Waals surface area contributed by atoms with E-state index in [1.807, 2.05) is 4.90 Å². The molecule has 1 aromatic heterocycles. The Balaban J connectivity index is 1.97. The van der Waals surface area contributed by atoms with Crippen molar-refractivity contribution in [1.29, 1.82) is 0 Å². The van der Waals surface area contributed by atoms with Crippen molar-refractivity contribution in [2.24, 2.45) is 12.5 Å². The number of urea groups is 1. The molecule has 3 aliphatic heterocycles. The average Bonchev–Trinajstić information content (AvgIpc) is 3.10. The molecule has 4 heterocycles. The van der Waals surface area contributed by atoms with Crippen molar-refractivity contribution in [3.05, 3.63) is 22.1 Å². The van der Waals surface area contributed by atoms with E-state index in [2.05, 4.69) is 5.10 Å². The van der Waals surface area contributed by atoms with Crippen molar-refractivity contribution in [1.82, 2.24) is 19.6 Å². The van der Waals surface area contributed by atoms with E-state index >= 15 is 0 Å². The zero-order valence-electron chi connectivity index (χ0n) is 14.4. The summed E-state index contributed by atoms with van der Waals surface area (Å²) < 4.78 is 1.21. The second kappa shape index (κ2) is 4.90. The van der Waals surface area contributed by atoms with Gasteiger partial charge in [0.25, 0.3) is 5.56 Å². The van der Waals surface area contributed by atoms with E-state index in [1.54, 1.807) is 6.20 Å². The van der Waals surface area contributed by atoms with Gasteiger partial charge in [0.1, 0.15) is 0 Å². The lowest BCUT2D eigenvalue weighted by atomic mass is 9.68. The van der Waals surface area contributed by atoms with Crippen LogP contribution < -0.4 is 10.5 Å². The molecule has 0 bridgehead atoms. The Labute approximate surface area is 143 Å². The third kappa shape index (κ3) is 1.75. The van der Waals surface area contributed by atoms with Crippen LogP contribution in [0.2, 0.25) is 0 Å². The van der Waals surface area contributed by atoms with Crippen molar-refractivity contribution in [3.8, 4) is 0 Å². The van der Waals surface area contributed by atoms with Gasteiger partial charge in [-0.05, 0) is 12.8 Å². The fourth-order valence-corrected chi connectivity index (χ4v) is 4.48. The first kappa shape index (κ1) is 15.8. The van der Waals surface area contributed by atoms with Crippen LogP contribution in [-0.4, -0.2) is 64.1 Å². The number of aromatic nitrogens is 2.